The zero-order valence-corrected chi connectivity index (χ0v) is 14.7. The van der Waals surface area contributed by atoms with E-state index in [1.807, 2.05) is 61.5 Å². The number of esters is 1. The molecule has 2 aromatic carbocycles. The number of ether oxygens (including phenoxy) is 2. The molecule has 0 spiro atoms. The van der Waals surface area contributed by atoms with Crippen LogP contribution in [-0.2, 0) is 25.5 Å². The molecule has 0 fully saturated rings. The summed E-state index contributed by atoms with van der Waals surface area (Å²) in [6.07, 6.45) is -0.429. The zero-order chi connectivity index (χ0) is 18.2. The van der Waals surface area contributed by atoms with Gasteiger partial charge in [0.1, 0.15) is 6.04 Å². The molecule has 0 saturated carbocycles. The van der Waals surface area contributed by atoms with Gasteiger partial charge in [-0.05, 0) is 23.6 Å². The largest absolute Gasteiger partial charge is 0.467 e. The van der Waals surface area contributed by atoms with Crippen molar-refractivity contribution >= 4 is 11.9 Å². The van der Waals surface area contributed by atoms with Crippen LogP contribution in [0.15, 0.2) is 54.6 Å². The molecular weight excluding hydrogens is 318 g/mol. The van der Waals surface area contributed by atoms with E-state index in [-0.39, 0.29) is 5.91 Å². The lowest BCUT2D eigenvalue weighted by atomic mass is 10.0. The summed E-state index contributed by atoms with van der Waals surface area (Å²) >= 11 is 0. The molecular formula is C20H23NO4. The van der Waals surface area contributed by atoms with E-state index < -0.39 is 18.1 Å². The molecule has 0 aliphatic rings. The van der Waals surface area contributed by atoms with Gasteiger partial charge in [0, 0.05) is 13.5 Å². The fourth-order valence-corrected chi connectivity index (χ4v) is 2.66. The smallest absolute Gasteiger partial charge is 0.328 e. The van der Waals surface area contributed by atoms with Crippen LogP contribution in [0.3, 0.4) is 0 Å². The van der Waals surface area contributed by atoms with Crippen LogP contribution >= 0.6 is 0 Å². The van der Waals surface area contributed by atoms with Gasteiger partial charge >= 0.3 is 5.97 Å². The van der Waals surface area contributed by atoms with Gasteiger partial charge < -0.3 is 14.8 Å². The SMILES string of the molecule is COC(=O)[C@@H](Cc1ccccc1C)NC(=O)[C@@H](OC)c1ccccc1. The molecule has 2 aromatic rings. The highest BCUT2D eigenvalue weighted by Crippen LogP contribution is 2.17. The highest BCUT2D eigenvalue weighted by Gasteiger charge is 2.27. The van der Waals surface area contributed by atoms with Crippen LogP contribution in [0, 0.1) is 6.92 Å². The number of hydrogen-bond acceptors (Lipinski definition) is 4. The molecule has 0 unspecified atom stereocenters. The van der Waals surface area contributed by atoms with E-state index in [0.29, 0.717) is 6.42 Å². The highest BCUT2D eigenvalue weighted by molar-refractivity contribution is 5.87. The van der Waals surface area contributed by atoms with Gasteiger partial charge in [0.05, 0.1) is 7.11 Å². The summed E-state index contributed by atoms with van der Waals surface area (Å²) in [5.41, 5.74) is 2.76. The third-order valence-corrected chi connectivity index (χ3v) is 4.06. The average Bonchev–Trinajstić information content (AvgIpc) is 2.63. The van der Waals surface area contributed by atoms with Crippen molar-refractivity contribution in [3.05, 3.63) is 71.3 Å². The fraction of sp³-hybridized carbons (Fsp3) is 0.300. The monoisotopic (exact) mass is 341 g/mol. The van der Waals surface area contributed by atoms with E-state index in [9.17, 15) is 9.59 Å². The van der Waals surface area contributed by atoms with Gasteiger partial charge in [0.2, 0.25) is 0 Å². The zero-order valence-electron chi connectivity index (χ0n) is 14.7. The molecule has 1 N–H and O–H groups in total. The van der Waals surface area contributed by atoms with Crippen LogP contribution in [0.4, 0.5) is 0 Å². The molecule has 1 amide bonds. The number of nitrogens with one attached hydrogen (secondary N) is 1. The molecule has 5 nitrogen and oxygen atoms in total. The lowest BCUT2D eigenvalue weighted by Crippen LogP contribution is -2.45. The van der Waals surface area contributed by atoms with Crippen molar-refractivity contribution in [2.24, 2.45) is 0 Å². The molecule has 132 valence electrons. The van der Waals surface area contributed by atoms with E-state index >= 15 is 0 Å². The third-order valence-electron chi connectivity index (χ3n) is 4.06. The fourth-order valence-electron chi connectivity index (χ4n) is 2.66. The summed E-state index contributed by atoms with van der Waals surface area (Å²) in [6, 6.07) is 16.1. The number of benzene rings is 2. The molecule has 2 rings (SSSR count). The maximum atomic E-state index is 12.6. The van der Waals surface area contributed by atoms with Crippen LogP contribution in [0.2, 0.25) is 0 Å². The summed E-state index contributed by atoms with van der Waals surface area (Å²) in [5, 5.41) is 2.75. The Balaban J connectivity index is 2.17. The number of hydrogen-bond donors (Lipinski definition) is 1. The minimum Gasteiger partial charge on any atom is -0.467 e. The first-order chi connectivity index (χ1) is 12.1. The van der Waals surface area contributed by atoms with Crippen molar-refractivity contribution in [2.45, 2.75) is 25.5 Å². The minimum atomic E-state index is -0.787. The van der Waals surface area contributed by atoms with Crippen LogP contribution in [0.25, 0.3) is 0 Å². The second kappa shape index (κ2) is 8.99. The van der Waals surface area contributed by atoms with E-state index in [1.54, 1.807) is 0 Å². The van der Waals surface area contributed by atoms with E-state index in [1.165, 1.54) is 14.2 Å². The van der Waals surface area contributed by atoms with Crippen molar-refractivity contribution in [2.75, 3.05) is 14.2 Å². The Hall–Kier alpha value is -2.66. The molecule has 0 aromatic heterocycles. The molecule has 0 radical (unpaired) electrons. The first kappa shape index (κ1) is 18.7. The summed E-state index contributed by atoms with van der Waals surface area (Å²) in [7, 11) is 2.77. The molecule has 25 heavy (non-hydrogen) atoms. The number of aryl methyl sites for hydroxylation is 1. The molecule has 0 saturated heterocycles. The minimum absolute atomic E-state index is 0.357. The van der Waals surface area contributed by atoms with Crippen molar-refractivity contribution in [1.82, 2.24) is 5.32 Å². The Bertz CT molecular complexity index is 715. The predicted molar refractivity (Wildman–Crippen MR) is 95.0 cm³/mol. The molecule has 2 atom stereocenters. The Kier molecular flexibility index (Phi) is 6.71. The van der Waals surface area contributed by atoms with E-state index in [2.05, 4.69) is 5.32 Å². The first-order valence-electron chi connectivity index (χ1n) is 8.07. The lowest BCUT2D eigenvalue weighted by molar-refractivity contribution is -0.146. The van der Waals surface area contributed by atoms with Gasteiger partial charge in [-0.1, -0.05) is 54.6 Å². The number of carbonyl (C=O) groups excluding carboxylic acids is 2. The molecule has 5 heteroatoms. The lowest BCUT2D eigenvalue weighted by Gasteiger charge is -2.21. The van der Waals surface area contributed by atoms with Crippen molar-refractivity contribution < 1.29 is 19.1 Å². The van der Waals surface area contributed by atoms with Crippen LogP contribution in [0.5, 0.6) is 0 Å². The predicted octanol–water partition coefficient (Wildman–Crippen LogP) is 2.58. The maximum absolute atomic E-state index is 12.6. The number of amides is 1. The van der Waals surface area contributed by atoms with Crippen molar-refractivity contribution in [3.8, 4) is 0 Å². The molecule has 0 aliphatic carbocycles. The topological polar surface area (TPSA) is 64.6 Å². The van der Waals surface area contributed by atoms with E-state index in [4.69, 9.17) is 9.47 Å². The van der Waals surface area contributed by atoms with Crippen molar-refractivity contribution in [3.63, 3.8) is 0 Å². The van der Waals surface area contributed by atoms with Crippen LogP contribution in [-0.4, -0.2) is 32.1 Å². The van der Waals surface area contributed by atoms with Gasteiger partial charge in [-0.15, -0.1) is 0 Å². The molecule has 0 aliphatic heterocycles. The van der Waals surface area contributed by atoms with Crippen LogP contribution in [0.1, 0.15) is 22.8 Å². The second-order valence-corrected chi connectivity index (χ2v) is 5.74. The summed E-state index contributed by atoms with van der Waals surface area (Å²) in [5.74, 6) is -0.864. The van der Waals surface area contributed by atoms with Crippen LogP contribution < -0.4 is 5.32 Å². The molecule has 0 bridgehead atoms. The first-order valence-corrected chi connectivity index (χ1v) is 8.07. The van der Waals surface area contributed by atoms with Crippen molar-refractivity contribution in [1.29, 1.82) is 0 Å². The number of methoxy groups -OCH3 is 2. The summed E-state index contributed by atoms with van der Waals surface area (Å²) < 4.78 is 10.2. The Morgan fingerprint density at radius 1 is 1.00 bits per heavy atom. The molecule has 0 heterocycles. The normalized spacial score (nSPS) is 12.9. The Labute approximate surface area is 148 Å². The van der Waals surface area contributed by atoms with Gasteiger partial charge in [-0.3, -0.25) is 4.79 Å². The Morgan fingerprint density at radius 3 is 2.24 bits per heavy atom. The van der Waals surface area contributed by atoms with Gasteiger partial charge in [0.25, 0.3) is 5.91 Å². The summed E-state index contributed by atoms with van der Waals surface area (Å²) in [4.78, 5) is 24.8. The van der Waals surface area contributed by atoms with E-state index in [0.717, 1.165) is 16.7 Å². The highest BCUT2D eigenvalue weighted by atomic mass is 16.5. The number of carbonyl (C=O) groups is 2. The van der Waals surface area contributed by atoms with Gasteiger partial charge in [0.15, 0.2) is 6.10 Å². The number of rotatable bonds is 7. The standard InChI is InChI=1S/C20H23NO4/c1-14-9-7-8-12-16(14)13-17(20(23)25-3)21-19(22)18(24-2)15-10-5-4-6-11-15/h4-12,17-18H,13H2,1-3H3,(H,21,22)/t17-,18+/m1/s1. The van der Waals surface area contributed by atoms with Gasteiger partial charge in [-0.25, -0.2) is 4.79 Å². The average molecular weight is 341 g/mol. The third kappa shape index (κ3) is 4.90. The quantitative estimate of drug-likeness (QED) is 0.786. The second-order valence-electron chi connectivity index (χ2n) is 5.74. The summed E-state index contributed by atoms with van der Waals surface area (Å²) in [6.45, 7) is 1.97. The maximum Gasteiger partial charge on any atom is 0.328 e. The van der Waals surface area contributed by atoms with Gasteiger partial charge in [-0.2, -0.15) is 0 Å². The Morgan fingerprint density at radius 2 is 1.64 bits per heavy atom.